The molecule has 2 atom stereocenters. The summed E-state index contributed by atoms with van der Waals surface area (Å²) in [6.07, 6.45) is 2.57. The number of aromatic nitrogens is 1. The molecule has 6 rings (SSSR count). The first-order valence-corrected chi connectivity index (χ1v) is 16.9. The summed E-state index contributed by atoms with van der Waals surface area (Å²) in [7, 11) is 0. The van der Waals surface area contributed by atoms with Gasteiger partial charge in [-0.3, -0.25) is 19.5 Å². The fraction of sp³-hybridized carbons (Fsp3) is 0.485. The van der Waals surface area contributed by atoms with Crippen LogP contribution in [0.15, 0.2) is 47.2 Å². The number of nitrogens with one attached hydrogen (secondary N) is 2. The van der Waals surface area contributed by atoms with E-state index in [0.29, 0.717) is 66.5 Å². The van der Waals surface area contributed by atoms with Crippen molar-refractivity contribution in [1.82, 2.24) is 20.1 Å². The predicted octanol–water partition coefficient (Wildman–Crippen LogP) is 6.76. The Morgan fingerprint density at radius 1 is 0.935 bits per heavy atom. The van der Waals surface area contributed by atoms with Gasteiger partial charge < -0.3 is 20.3 Å². The number of pyridine rings is 1. The summed E-state index contributed by atoms with van der Waals surface area (Å²) in [5.74, 6) is -0.808. The molecule has 2 aliphatic heterocycles. The second kappa shape index (κ2) is 14.0. The Labute approximate surface area is 279 Å². The molecule has 8 nitrogen and oxygen atoms in total. The number of nitrogens with zero attached hydrogens (tertiary/aromatic N) is 3. The molecule has 0 spiro atoms. The first-order valence-electron chi connectivity index (χ1n) is 15.7. The summed E-state index contributed by atoms with van der Waals surface area (Å²) in [4.78, 5) is 35.7. The lowest BCUT2D eigenvalue weighted by Gasteiger charge is -2.40. The van der Waals surface area contributed by atoms with Gasteiger partial charge >= 0.3 is 6.18 Å². The predicted molar refractivity (Wildman–Crippen MR) is 174 cm³/mol. The topological polar surface area (TPSA) is 86.8 Å². The molecule has 2 amide bonds. The molecule has 46 heavy (non-hydrogen) atoms. The van der Waals surface area contributed by atoms with E-state index in [4.69, 9.17) is 16.3 Å². The second-order valence-corrected chi connectivity index (χ2v) is 13.6. The van der Waals surface area contributed by atoms with Crippen LogP contribution in [0.3, 0.4) is 0 Å². The molecule has 0 bridgehead atoms. The number of halogens is 5. The number of hydrogen-bond donors (Lipinski definition) is 2. The van der Waals surface area contributed by atoms with Gasteiger partial charge in [-0.1, -0.05) is 46.4 Å². The minimum atomic E-state index is -4.71. The molecule has 0 radical (unpaired) electrons. The van der Waals surface area contributed by atoms with Gasteiger partial charge in [-0.25, -0.2) is 0 Å². The monoisotopic (exact) mass is 721 g/mol. The average molecular weight is 723 g/mol. The maximum atomic E-state index is 14.5. The van der Waals surface area contributed by atoms with Crippen LogP contribution in [-0.4, -0.2) is 84.1 Å². The highest BCUT2D eigenvalue weighted by molar-refractivity contribution is 9.10. The van der Waals surface area contributed by atoms with Crippen LogP contribution in [0, 0.1) is 0 Å². The van der Waals surface area contributed by atoms with Crippen LogP contribution in [0.5, 0.6) is 0 Å². The van der Waals surface area contributed by atoms with Crippen LogP contribution >= 0.6 is 27.5 Å². The molecular weight excluding hydrogens is 687 g/mol. The fourth-order valence-corrected chi connectivity index (χ4v) is 7.58. The minimum absolute atomic E-state index is 0.0303. The van der Waals surface area contributed by atoms with Crippen molar-refractivity contribution in [2.24, 2.45) is 0 Å². The van der Waals surface area contributed by atoms with Crippen molar-refractivity contribution in [2.45, 2.75) is 62.8 Å². The zero-order valence-corrected chi connectivity index (χ0v) is 27.6. The van der Waals surface area contributed by atoms with Crippen molar-refractivity contribution in [3.05, 3.63) is 68.9 Å². The first-order chi connectivity index (χ1) is 22.1. The average Bonchev–Trinajstić information content (AvgIpc) is 3.05. The summed E-state index contributed by atoms with van der Waals surface area (Å²) >= 11 is 9.35. The summed E-state index contributed by atoms with van der Waals surface area (Å²) < 4.78 is 49.3. The van der Waals surface area contributed by atoms with E-state index in [0.717, 1.165) is 44.8 Å². The molecule has 2 saturated heterocycles. The van der Waals surface area contributed by atoms with Gasteiger partial charge in [0, 0.05) is 71.6 Å². The standard InChI is InChI=1S/C33H36BrClF3N5O3/c34-21-16-25(32(45)43-9-7-23(8-10-43)42-11-13-46-14-12-42)30(27(17-21)33(36,37)38)40-28-3-1-2-4-29(28)41-31(44)26-19-39-18-20-15-22(35)5-6-24(20)26/h5-6,15-19,23,28-29,40H,1-4,7-14H2,(H,41,44)/t28-,29+/m1/s1. The molecule has 1 aliphatic carbocycles. The molecule has 13 heteroatoms. The van der Waals surface area contributed by atoms with E-state index in [9.17, 15) is 22.8 Å². The van der Waals surface area contributed by atoms with E-state index in [1.54, 1.807) is 29.3 Å². The SMILES string of the molecule is O=C(N[C@H]1CCCC[C@H]1Nc1c(C(=O)N2CCC(N3CCOCC3)CC2)cc(Br)cc1C(F)(F)F)c1cncc2cc(Cl)ccc12. The number of fused-ring (bicyclic) bond motifs is 1. The van der Waals surface area contributed by atoms with E-state index in [2.05, 4.69) is 36.4 Å². The number of carbonyl (C=O) groups is 2. The van der Waals surface area contributed by atoms with E-state index in [1.807, 2.05) is 0 Å². The molecule has 1 aromatic heterocycles. The Morgan fingerprint density at radius 3 is 2.37 bits per heavy atom. The van der Waals surface area contributed by atoms with Gasteiger partial charge in [0.25, 0.3) is 11.8 Å². The quantitative estimate of drug-likeness (QED) is 0.293. The molecule has 3 fully saturated rings. The van der Waals surface area contributed by atoms with Gasteiger partial charge in [-0.05, 0) is 55.3 Å². The number of anilines is 1. The summed E-state index contributed by atoms with van der Waals surface area (Å²) in [6.45, 7) is 3.97. The normalized spacial score (nSPS) is 21.7. The zero-order chi connectivity index (χ0) is 32.4. The molecular formula is C33H36BrClF3N5O3. The van der Waals surface area contributed by atoms with Crippen molar-refractivity contribution in [1.29, 1.82) is 0 Å². The van der Waals surface area contributed by atoms with Gasteiger partial charge in [0.1, 0.15) is 0 Å². The van der Waals surface area contributed by atoms with Crippen molar-refractivity contribution in [2.75, 3.05) is 44.7 Å². The number of hydrogen-bond acceptors (Lipinski definition) is 6. The van der Waals surface area contributed by atoms with E-state index in [1.165, 1.54) is 12.3 Å². The zero-order valence-electron chi connectivity index (χ0n) is 25.2. The molecule has 3 heterocycles. The Balaban J connectivity index is 1.25. The number of amides is 2. The number of carbonyl (C=O) groups excluding carboxylic acids is 2. The highest BCUT2D eigenvalue weighted by Crippen LogP contribution is 2.41. The van der Waals surface area contributed by atoms with Crippen molar-refractivity contribution in [3.8, 4) is 0 Å². The molecule has 2 N–H and O–H groups in total. The number of ether oxygens (including phenoxy) is 1. The summed E-state index contributed by atoms with van der Waals surface area (Å²) in [6, 6.07) is 6.97. The van der Waals surface area contributed by atoms with Gasteiger partial charge in [0.2, 0.25) is 0 Å². The van der Waals surface area contributed by atoms with Crippen LogP contribution in [-0.2, 0) is 10.9 Å². The third-order valence-electron chi connectivity index (χ3n) is 9.33. The first kappa shape index (κ1) is 33.0. The van der Waals surface area contributed by atoms with Crippen LogP contribution in [0.1, 0.15) is 64.8 Å². The van der Waals surface area contributed by atoms with Crippen molar-refractivity contribution < 1.29 is 27.5 Å². The van der Waals surface area contributed by atoms with Gasteiger partial charge in [-0.15, -0.1) is 0 Å². The van der Waals surface area contributed by atoms with E-state index < -0.39 is 29.7 Å². The number of alkyl halides is 3. The maximum absolute atomic E-state index is 14.5. The van der Waals surface area contributed by atoms with Gasteiger partial charge in [-0.2, -0.15) is 13.2 Å². The largest absolute Gasteiger partial charge is 0.418 e. The molecule has 246 valence electrons. The Hall–Kier alpha value is -2.93. The number of likely N-dealkylation sites (tertiary alicyclic amines) is 1. The van der Waals surface area contributed by atoms with Crippen molar-refractivity contribution in [3.63, 3.8) is 0 Å². The maximum Gasteiger partial charge on any atom is 0.418 e. The third kappa shape index (κ3) is 7.30. The lowest BCUT2D eigenvalue weighted by molar-refractivity contribution is -0.137. The van der Waals surface area contributed by atoms with Crippen LogP contribution in [0.4, 0.5) is 18.9 Å². The van der Waals surface area contributed by atoms with Crippen LogP contribution < -0.4 is 10.6 Å². The number of piperidine rings is 1. The number of rotatable bonds is 6. The second-order valence-electron chi connectivity index (χ2n) is 12.2. The molecule has 0 unspecified atom stereocenters. The van der Waals surface area contributed by atoms with Crippen LogP contribution in [0.25, 0.3) is 10.8 Å². The van der Waals surface area contributed by atoms with Gasteiger partial charge in [0.05, 0.1) is 35.6 Å². The smallest absolute Gasteiger partial charge is 0.379 e. The Morgan fingerprint density at radius 2 is 1.65 bits per heavy atom. The number of benzene rings is 2. The van der Waals surface area contributed by atoms with E-state index >= 15 is 0 Å². The molecule has 2 aromatic carbocycles. The lowest BCUT2D eigenvalue weighted by Crippen LogP contribution is -2.50. The van der Waals surface area contributed by atoms with Crippen LogP contribution in [0.2, 0.25) is 5.02 Å². The highest BCUT2D eigenvalue weighted by Gasteiger charge is 2.39. The Kier molecular flexibility index (Phi) is 10.1. The van der Waals surface area contributed by atoms with E-state index in [-0.39, 0.29) is 21.6 Å². The Bertz CT molecular complexity index is 1590. The highest BCUT2D eigenvalue weighted by atomic mass is 79.9. The molecule has 3 aromatic rings. The number of morpholine rings is 1. The summed E-state index contributed by atoms with van der Waals surface area (Å²) in [5, 5.41) is 8.08. The molecule has 1 saturated carbocycles. The van der Waals surface area contributed by atoms with Crippen molar-refractivity contribution >= 4 is 55.8 Å². The third-order valence-corrected chi connectivity index (χ3v) is 10.0. The minimum Gasteiger partial charge on any atom is -0.379 e. The fourth-order valence-electron chi connectivity index (χ4n) is 6.94. The summed E-state index contributed by atoms with van der Waals surface area (Å²) in [5.41, 5.74) is -0.838. The lowest BCUT2D eigenvalue weighted by atomic mass is 9.89. The van der Waals surface area contributed by atoms with Gasteiger partial charge in [0.15, 0.2) is 0 Å². The molecule has 3 aliphatic rings.